The third kappa shape index (κ3) is 5.12. The van der Waals surface area contributed by atoms with Crippen LogP contribution in [0.15, 0.2) is 206 Å². The average molecular weight is 663 g/mol. The van der Waals surface area contributed by atoms with Gasteiger partial charge in [0, 0.05) is 34.2 Å². The molecule has 10 rings (SSSR count). The summed E-state index contributed by atoms with van der Waals surface area (Å²) in [5.74, 6) is 0. The highest BCUT2D eigenvalue weighted by atomic mass is 15.1. The maximum atomic E-state index is 2.39. The summed E-state index contributed by atoms with van der Waals surface area (Å²) in [6.07, 6.45) is 2.18. The molecular formula is C50H34N2. The lowest BCUT2D eigenvalue weighted by Crippen LogP contribution is -2.10. The van der Waals surface area contributed by atoms with Gasteiger partial charge in [-0.2, -0.15) is 0 Å². The fraction of sp³-hybridized carbons (Fsp3) is 0. The zero-order valence-corrected chi connectivity index (χ0v) is 28.5. The summed E-state index contributed by atoms with van der Waals surface area (Å²) in [6, 6.07) is 72.5. The normalized spacial score (nSPS) is 11.5. The summed E-state index contributed by atoms with van der Waals surface area (Å²) in [5, 5.41) is 6.22. The molecule has 0 unspecified atom stereocenters. The number of hydrogen-bond acceptors (Lipinski definition) is 1. The van der Waals surface area contributed by atoms with Crippen molar-refractivity contribution in [3.63, 3.8) is 0 Å². The van der Waals surface area contributed by atoms with Gasteiger partial charge in [0.1, 0.15) is 0 Å². The molecule has 2 nitrogen and oxygen atoms in total. The van der Waals surface area contributed by atoms with Gasteiger partial charge in [-0.25, -0.2) is 0 Å². The zero-order valence-electron chi connectivity index (χ0n) is 28.5. The van der Waals surface area contributed by atoms with Crippen molar-refractivity contribution in [2.75, 3.05) is 4.90 Å². The van der Waals surface area contributed by atoms with Crippen molar-refractivity contribution in [3.05, 3.63) is 206 Å². The minimum absolute atomic E-state index is 1.11. The van der Waals surface area contributed by atoms with Crippen molar-refractivity contribution < 1.29 is 0 Å². The predicted molar refractivity (Wildman–Crippen MR) is 221 cm³/mol. The fourth-order valence-electron chi connectivity index (χ4n) is 7.85. The van der Waals surface area contributed by atoms with Crippen LogP contribution in [0.1, 0.15) is 0 Å². The van der Waals surface area contributed by atoms with Gasteiger partial charge in [0.25, 0.3) is 0 Å². The van der Waals surface area contributed by atoms with Crippen LogP contribution in [0.2, 0.25) is 0 Å². The summed E-state index contributed by atoms with van der Waals surface area (Å²) in [6.45, 7) is 0. The number of fused-ring (bicyclic) bond motifs is 6. The van der Waals surface area contributed by atoms with E-state index < -0.39 is 0 Å². The Bertz CT molecular complexity index is 2890. The molecule has 2 aromatic heterocycles. The molecule has 10 aromatic rings. The monoisotopic (exact) mass is 662 g/mol. The first kappa shape index (κ1) is 30.0. The Kier molecular flexibility index (Phi) is 7.18. The third-order valence-electron chi connectivity index (χ3n) is 10.3. The van der Waals surface area contributed by atoms with E-state index >= 15 is 0 Å². The SMILES string of the molecule is c1ccc(-c2ccc(N(c3cccc(-c4ccc5ccc6c(c(-c7ccccc7)c7ccccn76)c5c4)c3)c3ccc4ccccc4c3)cc2)cc1. The van der Waals surface area contributed by atoms with Gasteiger partial charge in [-0.3, -0.25) is 0 Å². The van der Waals surface area contributed by atoms with E-state index in [1.54, 1.807) is 0 Å². The molecule has 0 saturated carbocycles. The predicted octanol–water partition coefficient (Wildman–Crippen LogP) is 13.9. The first-order valence-electron chi connectivity index (χ1n) is 17.8. The summed E-state index contributed by atoms with van der Waals surface area (Å²) in [5.41, 5.74) is 13.1. The molecule has 0 N–H and O–H groups in total. The first-order chi connectivity index (χ1) is 25.8. The molecule has 0 atom stereocenters. The number of rotatable bonds is 6. The van der Waals surface area contributed by atoms with Gasteiger partial charge in [0.2, 0.25) is 0 Å². The van der Waals surface area contributed by atoms with Crippen LogP contribution in [0, 0.1) is 0 Å². The summed E-state index contributed by atoms with van der Waals surface area (Å²) in [4.78, 5) is 2.37. The molecule has 8 aromatic carbocycles. The molecule has 0 aliphatic heterocycles. The summed E-state index contributed by atoms with van der Waals surface area (Å²) >= 11 is 0. The number of aromatic nitrogens is 1. The van der Waals surface area contributed by atoms with Crippen LogP contribution in [-0.4, -0.2) is 4.40 Å². The Labute approximate surface area is 303 Å². The molecule has 52 heavy (non-hydrogen) atoms. The van der Waals surface area contributed by atoms with Crippen molar-refractivity contribution >= 4 is 55.0 Å². The molecule has 2 heterocycles. The Morgan fingerprint density at radius 3 is 1.75 bits per heavy atom. The second kappa shape index (κ2) is 12.5. The van der Waals surface area contributed by atoms with E-state index in [4.69, 9.17) is 0 Å². The van der Waals surface area contributed by atoms with Gasteiger partial charge in [-0.15, -0.1) is 0 Å². The van der Waals surface area contributed by atoms with Gasteiger partial charge in [-0.05, 0) is 110 Å². The van der Waals surface area contributed by atoms with Crippen molar-refractivity contribution in [3.8, 4) is 33.4 Å². The standard InChI is InChI=1S/C50H34N2/c1-3-12-35(13-4-1)37-23-27-43(28-24-37)52(45-29-25-36-14-7-8-17-40(36)32-45)44-19-11-18-41(33-44)42-22-21-38-26-30-48-50(46(38)34-42)49(39-15-5-2-6-16-39)47-20-9-10-31-51(47)48/h1-34H. The third-order valence-corrected chi connectivity index (χ3v) is 10.3. The van der Waals surface area contributed by atoms with Crippen molar-refractivity contribution in [2.24, 2.45) is 0 Å². The quantitative estimate of drug-likeness (QED) is 0.172. The second-order valence-corrected chi connectivity index (χ2v) is 13.4. The lowest BCUT2D eigenvalue weighted by molar-refractivity contribution is 1.26. The minimum atomic E-state index is 1.11. The van der Waals surface area contributed by atoms with Crippen LogP contribution in [0.4, 0.5) is 17.1 Å². The number of benzene rings is 8. The number of pyridine rings is 1. The maximum Gasteiger partial charge on any atom is 0.0541 e. The van der Waals surface area contributed by atoms with E-state index in [0.717, 1.165) is 17.1 Å². The molecule has 0 aliphatic carbocycles. The maximum absolute atomic E-state index is 2.39. The van der Waals surface area contributed by atoms with Gasteiger partial charge < -0.3 is 9.30 Å². The van der Waals surface area contributed by atoms with Crippen LogP contribution in [-0.2, 0) is 0 Å². The molecule has 0 radical (unpaired) electrons. The van der Waals surface area contributed by atoms with Crippen molar-refractivity contribution in [1.29, 1.82) is 0 Å². The Balaban J connectivity index is 1.14. The largest absolute Gasteiger partial charge is 0.316 e. The molecule has 0 bridgehead atoms. The topological polar surface area (TPSA) is 7.65 Å². The van der Waals surface area contributed by atoms with Crippen LogP contribution < -0.4 is 4.90 Å². The average Bonchev–Trinajstić information content (AvgIpc) is 3.57. The van der Waals surface area contributed by atoms with E-state index in [1.807, 2.05) is 0 Å². The van der Waals surface area contributed by atoms with E-state index in [9.17, 15) is 0 Å². The molecule has 0 spiro atoms. The van der Waals surface area contributed by atoms with E-state index in [2.05, 4.69) is 216 Å². The van der Waals surface area contributed by atoms with Crippen LogP contribution in [0.5, 0.6) is 0 Å². The highest BCUT2D eigenvalue weighted by Crippen LogP contribution is 2.42. The summed E-state index contributed by atoms with van der Waals surface area (Å²) < 4.78 is 2.33. The smallest absolute Gasteiger partial charge is 0.0541 e. The molecule has 2 heteroatoms. The number of nitrogens with zero attached hydrogens (tertiary/aromatic N) is 2. The van der Waals surface area contributed by atoms with Gasteiger partial charge in [0.15, 0.2) is 0 Å². The van der Waals surface area contributed by atoms with Crippen LogP contribution in [0.25, 0.3) is 71.3 Å². The lowest BCUT2D eigenvalue weighted by atomic mass is 9.95. The van der Waals surface area contributed by atoms with Crippen LogP contribution >= 0.6 is 0 Å². The minimum Gasteiger partial charge on any atom is -0.316 e. The molecule has 0 aliphatic rings. The highest BCUT2D eigenvalue weighted by Gasteiger charge is 2.18. The van der Waals surface area contributed by atoms with E-state index in [-0.39, 0.29) is 0 Å². The molecule has 0 amide bonds. The van der Waals surface area contributed by atoms with Gasteiger partial charge in [0.05, 0.1) is 11.0 Å². The first-order valence-corrected chi connectivity index (χ1v) is 17.8. The van der Waals surface area contributed by atoms with E-state index in [0.29, 0.717) is 0 Å². The number of hydrogen-bond donors (Lipinski definition) is 0. The van der Waals surface area contributed by atoms with Crippen molar-refractivity contribution in [2.45, 2.75) is 0 Å². The molecular weight excluding hydrogens is 629 g/mol. The lowest BCUT2D eigenvalue weighted by Gasteiger charge is -2.26. The highest BCUT2D eigenvalue weighted by molar-refractivity contribution is 6.19. The van der Waals surface area contributed by atoms with Crippen LogP contribution in [0.3, 0.4) is 0 Å². The van der Waals surface area contributed by atoms with E-state index in [1.165, 1.54) is 71.3 Å². The molecule has 0 saturated heterocycles. The second-order valence-electron chi connectivity index (χ2n) is 13.4. The Morgan fingerprint density at radius 1 is 0.327 bits per heavy atom. The van der Waals surface area contributed by atoms with Crippen molar-refractivity contribution in [1.82, 2.24) is 4.40 Å². The zero-order chi connectivity index (χ0) is 34.4. The number of anilines is 3. The summed E-state index contributed by atoms with van der Waals surface area (Å²) in [7, 11) is 0. The Morgan fingerprint density at radius 2 is 0.923 bits per heavy atom. The molecule has 244 valence electrons. The fourth-order valence-corrected chi connectivity index (χ4v) is 7.85. The Hall–Kier alpha value is -6.90. The van der Waals surface area contributed by atoms with Gasteiger partial charge in [-0.1, -0.05) is 140 Å². The molecule has 0 fully saturated rings. The van der Waals surface area contributed by atoms with Gasteiger partial charge >= 0.3 is 0 Å².